The van der Waals surface area contributed by atoms with Crippen molar-refractivity contribution in [1.29, 1.82) is 0 Å². The molecule has 0 aliphatic carbocycles. The van der Waals surface area contributed by atoms with E-state index in [-0.39, 0.29) is 4.59 Å². The van der Waals surface area contributed by atoms with Crippen molar-refractivity contribution in [2.45, 2.75) is 0 Å². The predicted octanol–water partition coefficient (Wildman–Crippen LogP) is 4.06. The number of aromatic nitrogens is 1. The molecule has 1 aliphatic rings. The summed E-state index contributed by atoms with van der Waals surface area (Å²) in [6.07, 6.45) is 3.11. The van der Waals surface area contributed by atoms with E-state index in [1.807, 2.05) is 60.7 Å². The summed E-state index contributed by atoms with van der Waals surface area (Å²) in [6.45, 7) is 0. The zero-order valence-electron chi connectivity index (χ0n) is 11.6. The van der Waals surface area contributed by atoms with Gasteiger partial charge in [-0.2, -0.15) is 4.98 Å². The van der Waals surface area contributed by atoms with Gasteiger partial charge in [-0.25, -0.2) is 0 Å². The lowest BCUT2D eigenvalue weighted by atomic mass is 10.1. The molecule has 6 heteroatoms. The average Bonchev–Trinajstić information content (AvgIpc) is 3.26. The smallest absolute Gasteiger partial charge is 0.401 e. The summed E-state index contributed by atoms with van der Waals surface area (Å²) in [5, 5.41) is 12.5. The Balaban J connectivity index is 1.97. The Hall–Kier alpha value is -3.12. The van der Waals surface area contributed by atoms with Crippen molar-refractivity contribution in [2.24, 2.45) is 15.5 Å². The average molecular weight is 290 g/mol. The minimum Gasteiger partial charge on any atom is -0.401 e. The SMILES string of the molecule is c1ccc(C2=NN=N[N+]2(c2ccccc2)c2ncco2)cc1. The maximum Gasteiger partial charge on any atom is 0.445 e. The van der Waals surface area contributed by atoms with Gasteiger partial charge in [0.1, 0.15) is 6.26 Å². The van der Waals surface area contributed by atoms with E-state index in [9.17, 15) is 0 Å². The molecular formula is C16H12N5O+. The van der Waals surface area contributed by atoms with Crippen LogP contribution in [0, 0.1) is 0 Å². The van der Waals surface area contributed by atoms with E-state index in [4.69, 9.17) is 4.42 Å². The van der Waals surface area contributed by atoms with Crippen LogP contribution in [0.4, 0.5) is 11.7 Å². The molecule has 2 heterocycles. The number of para-hydroxylation sites is 1. The van der Waals surface area contributed by atoms with Crippen molar-refractivity contribution in [2.75, 3.05) is 0 Å². The van der Waals surface area contributed by atoms with Gasteiger partial charge in [0.05, 0.1) is 17.0 Å². The van der Waals surface area contributed by atoms with Crippen molar-refractivity contribution in [3.05, 3.63) is 78.7 Å². The molecule has 0 fully saturated rings. The van der Waals surface area contributed by atoms with Crippen LogP contribution in [-0.4, -0.2) is 10.8 Å². The number of amidine groups is 1. The van der Waals surface area contributed by atoms with Gasteiger partial charge in [-0.3, -0.25) is 0 Å². The molecule has 22 heavy (non-hydrogen) atoms. The van der Waals surface area contributed by atoms with Gasteiger partial charge >= 0.3 is 6.01 Å². The van der Waals surface area contributed by atoms with Crippen molar-refractivity contribution in [1.82, 2.24) is 9.58 Å². The number of benzene rings is 2. The van der Waals surface area contributed by atoms with E-state index in [1.54, 1.807) is 6.20 Å². The molecule has 1 aliphatic heterocycles. The number of hydrogen-bond donors (Lipinski definition) is 0. The van der Waals surface area contributed by atoms with Crippen molar-refractivity contribution in [3.8, 4) is 0 Å². The number of rotatable bonds is 3. The third-order valence-corrected chi connectivity index (χ3v) is 3.48. The van der Waals surface area contributed by atoms with E-state index in [0.29, 0.717) is 11.9 Å². The van der Waals surface area contributed by atoms with Crippen molar-refractivity contribution < 1.29 is 4.42 Å². The van der Waals surface area contributed by atoms with Gasteiger partial charge < -0.3 is 4.42 Å². The van der Waals surface area contributed by atoms with E-state index >= 15 is 0 Å². The molecule has 1 atom stereocenters. The Kier molecular flexibility index (Phi) is 2.87. The fraction of sp³-hybridized carbons (Fsp3) is 0. The summed E-state index contributed by atoms with van der Waals surface area (Å²) < 4.78 is 5.44. The maximum absolute atomic E-state index is 5.55. The summed E-state index contributed by atoms with van der Waals surface area (Å²) in [7, 11) is 0. The lowest BCUT2D eigenvalue weighted by molar-refractivity contribution is 0.424. The minimum absolute atomic E-state index is 0.113. The largest absolute Gasteiger partial charge is 0.445 e. The van der Waals surface area contributed by atoms with Crippen LogP contribution in [0.2, 0.25) is 0 Å². The molecule has 0 spiro atoms. The molecule has 1 aromatic heterocycles. The van der Waals surface area contributed by atoms with Crippen LogP contribution in [-0.2, 0) is 0 Å². The first-order valence-corrected chi connectivity index (χ1v) is 6.82. The van der Waals surface area contributed by atoms with Crippen LogP contribution >= 0.6 is 0 Å². The Morgan fingerprint density at radius 2 is 1.59 bits per heavy atom. The molecule has 1 unspecified atom stereocenters. The fourth-order valence-electron chi connectivity index (χ4n) is 2.49. The number of oxazole rings is 1. The highest BCUT2D eigenvalue weighted by Crippen LogP contribution is 2.39. The van der Waals surface area contributed by atoms with Crippen LogP contribution in [0.5, 0.6) is 0 Å². The fourth-order valence-corrected chi connectivity index (χ4v) is 2.49. The Bertz CT molecular complexity index is 827. The van der Waals surface area contributed by atoms with E-state index in [0.717, 1.165) is 11.3 Å². The lowest BCUT2D eigenvalue weighted by Gasteiger charge is -2.21. The first kappa shape index (κ1) is 12.6. The highest BCUT2D eigenvalue weighted by atomic mass is 16.4. The van der Waals surface area contributed by atoms with Gasteiger partial charge in [0, 0.05) is 17.4 Å². The summed E-state index contributed by atoms with van der Waals surface area (Å²) in [6, 6.07) is 19.9. The topological polar surface area (TPSA) is 63.1 Å². The molecular weight excluding hydrogens is 278 g/mol. The highest BCUT2D eigenvalue weighted by Gasteiger charge is 2.50. The molecule has 106 valence electrons. The zero-order chi connectivity index (χ0) is 14.8. The molecule has 3 aromatic rings. The summed E-state index contributed by atoms with van der Waals surface area (Å²) >= 11 is 0. The van der Waals surface area contributed by atoms with Crippen LogP contribution in [0.1, 0.15) is 5.56 Å². The third-order valence-electron chi connectivity index (χ3n) is 3.48. The van der Waals surface area contributed by atoms with Crippen molar-refractivity contribution in [3.63, 3.8) is 0 Å². The first-order valence-electron chi connectivity index (χ1n) is 6.82. The summed E-state index contributed by atoms with van der Waals surface area (Å²) in [5.74, 6) is 0.647. The number of hydrogen-bond acceptors (Lipinski definition) is 5. The van der Waals surface area contributed by atoms with E-state index in [1.165, 1.54) is 6.26 Å². The third kappa shape index (κ3) is 1.78. The molecule has 0 N–H and O–H groups in total. The Morgan fingerprint density at radius 1 is 0.864 bits per heavy atom. The Morgan fingerprint density at radius 3 is 2.27 bits per heavy atom. The first-order chi connectivity index (χ1) is 10.9. The molecule has 4 rings (SSSR count). The highest BCUT2D eigenvalue weighted by molar-refractivity contribution is 6.09. The van der Waals surface area contributed by atoms with Gasteiger partial charge in [0.15, 0.2) is 5.69 Å². The molecule has 0 saturated carbocycles. The quantitative estimate of drug-likeness (QED) is 0.683. The molecule has 0 radical (unpaired) electrons. The second kappa shape index (κ2) is 5.01. The van der Waals surface area contributed by atoms with Gasteiger partial charge in [-0.1, -0.05) is 41.5 Å². The lowest BCUT2D eigenvalue weighted by Crippen LogP contribution is -2.43. The molecule has 0 bridgehead atoms. The maximum atomic E-state index is 5.55. The monoisotopic (exact) mass is 290 g/mol. The summed E-state index contributed by atoms with van der Waals surface area (Å²) in [5.41, 5.74) is 1.77. The zero-order valence-corrected chi connectivity index (χ0v) is 11.6. The standard InChI is InChI=1S/C16H12N5O/c1-3-7-13(8-4-1)15-18-19-20-21(15,16-17-11-12-22-16)14-9-5-2-6-10-14/h1-12H/q+1. The second-order valence-electron chi connectivity index (χ2n) is 4.75. The normalized spacial score (nSPS) is 20.1. The van der Waals surface area contributed by atoms with E-state index < -0.39 is 0 Å². The minimum atomic E-state index is -0.113. The number of nitrogens with zero attached hydrogens (tertiary/aromatic N) is 5. The molecule has 0 saturated heterocycles. The predicted molar refractivity (Wildman–Crippen MR) is 82.2 cm³/mol. The van der Waals surface area contributed by atoms with Crippen LogP contribution in [0.25, 0.3) is 0 Å². The van der Waals surface area contributed by atoms with Crippen LogP contribution in [0.3, 0.4) is 0 Å². The number of quaternary nitrogens is 1. The van der Waals surface area contributed by atoms with Crippen LogP contribution < -0.4 is 4.59 Å². The van der Waals surface area contributed by atoms with E-state index in [2.05, 4.69) is 20.5 Å². The van der Waals surface area contributed by atoms with Crippen molar-refractivity contribution >= 4 is 17.5 Å². The molecule has 6 nitrogen and oxygen atoms in total. The van der Waals surface area contributed by atoms with Gasteiger partial charge in [-0.15, -0.1) is 0 Å². The summed E-state index contributed by atoms with van der Waals surface area (Å²) in [4.78, 5) is 4.29. The van der Waals surface area contributed by atoms with Crippen LogP contribution in [0.15, 0.2) is 93.1 Å². The Labute approximate surface area is 126 Å². The molecule has 0 amide bonds. The molecule has 2 aromatic carbocycles. The van der Waals surface area contributed by atoms with Gasteiger partial charge in [-0.05, 0) is 16.7 Å². The second-order valence-corrected chi connectivity index (χ2v) is 4.75. The van der Waals surface area contributed by atoms with Gasteiger partial charge in [0.25, 0.3) is 5.84 Å². The van der Waals surface area contributed by atoms with Gasteiger partial charge in [0.2, 0.25) is 0 Å².